The fraction of sp³-hybridized carbons (Fsp3) is 0.625. The third kappa shape index (κ3) is 3.51. The first-order chi connectivity index (χ1) is 8.58. The highest BCUT2D eigenvalue weighted by molar-refractivity contribution is 9.10. The van der Waals surface area contributed by atoms with Gasteiger partial charge in [-0.3, -0.25) is 0 Å². The summed E-state index contributed by atoms with van der Waals surface area (Å²) >= 11 is 10.2. The number of rotatable bonds is 3. The van der Waals surface area contributed by atoms with Gasteiger partial charge in [-0.2, -0.15) is 0 Å². The van der Waals surface area contributed by atoms with Crippen LogP contribution in [0.25, 0.3) is 0 Å². The highest BCUT2D eigenvalue weighted by atomic mass is 79.9. The smallest absolute Gasteiger partial charge is 0.0590 e. The van der Waals surface area contributed by atoms with Crippen molar-refractivity contribution in [3.05, 3.63) is 33.3 Å². The molecule has 1 unspecified atom stereocenters. The molecule has 18 heavy (non-hydrogen) atoms. The van der Waals surface area contributed by atoms with Gasteiger partial charge in [-0.05, 0) is 48.9 Å². The number of alkyl halides is 1. The Morgan fingerprint density at radius 3 is 2.50 bits per heavy atom. The van der Waals surface area contributed by atoms with E-state index < -0.39 is 0 Å². The van der Waals surface area contributed by atoms with Gasteiger partial charge in [0.25, 0.3) is 0 Å². The topological polar surface area (TPSA) is 0 Å². The summed E-state index contributed by atoms with van der Waals surface area (Å²) < 4.78 is 1.19. The molecular weight excluding hydrogens is 308 g/mol. The molecule has 1 saturated carbocycles. The van der Waals surface area contributed by atoms with E-state index in [-0.39, 0.29) is 5.38 Å². The molecule has 1 atom stereocenters. The lowest BCUT2D eigenvalue weighted by Gasteiger charge is -2.24. The quantitative estimate of drug-likeness (QED) is 0.569. The first-order valence-electron chi connectivity index (χ1n) is 6.98. The Morgan fingerprint density at radius 1 is 1.17 bits per heavy atom. The van der Waals surface area contributed by atoms with Gasteiger partial charge in [-0.1, -0.05) is 54.1 Å². The van der Waals surface area contributed by atoms with Crippen LogP contribution in [-0.2, 0) is 0 Å². The number of hydrogen-bond acceptors (Lipinski definition) is 0. The minimum Gasteiger partial charge on any atom is -0.118 e. The maximum absolute atomic E-state index is 6.65. The van der Waals surface area contributed by atoms with E-state index in [1.54, 1.807) is 0 Å². The molecule has 1 aliphatic carbocycles. The van der Waals surface area contributed by atoms with Crippen LogP contribution >= 0.6 is 27.5 Å². The van der Waals surface area contributed by atoms with Crippen LogP contribution in [0.5, 0.6) is 0 Å². The van der Waals surface area contributed by atoms with Gasteiger partial charge < -0.3 is 0 Å². The molecule has 2 rings (SSSR count). The SMILES string of the molecule is Cc1cc(C(Cl)CC2CCCCC2)c(C)cc1Br. The summed E-state index contributed by atoms with van der Waals surface area (Å²) in [6.45, 7) is 4.30. The maximum Gasteiger partial charge on any atom is 0.0590 e. The fourth-order valence-electron chi connectivity index (χ4n) is 2.98. The summed E-state index contributed by atoms with van der Waals surface area (Å²) in [6.07, 6.45) is 8.10. The van der Waals surface area contributed by atoms with Crippen LogP contribution in [0.2, 0.25) is 0 Å². The monoisotopic (exact) mass is 328 g/mol. The summed E-state index contributed by atoms with van der Waals surface area (Å²) in [5.41, 5.74) is 3.91. The van der Waals surface area contributed by atoms with Gasteiger partial charge in [0.1, 0.15) is 0 Å². The van der Waals surface area contributed by atoms with Crippen molar-refractivity contribution in [2.75, 3.05) is 0 Å². The molecule has 100 valence electrons. The van der Waals surface area contributed by atoms with E-state index in [9.17, 15) is 0 Å². The summed E-state index contributed by atoms with van der Waals surface area (Å²) in [6, 6.07) is 4.45. The molecular formula is C16H22BrCl. The van der Waals surface area contributed by atoms with Gasteiger partial charge in [-0.25, -0.2) is 0 Å². The lowest BCUT2D eigenvalue weighted by molar-refractivity contribution is 0.336. The molecule has 1 aromatic rings. The van der Waals surface area contributed by atoms with Gasteiger partial charge >= 0.3 is 0 Å². The summed E-state index contributed by atoms with van der Waals surface area (Å²) in [4.78, 5) is 0. The lowest BCUT2D eigenvalue weighted by atomic mass is 9.84. The molecule has 2 heteroatoms. The number of halogens is 2. The van der Waals surface area contributed by atoms with E-state index in [0.29, 0.717) is 0 Å². The van der Waals surface area contributed by atoms with E-state index in [4.69, 9.17) is 11.6 Å². The van der Waals surface area contributed by atoms with Crippen molar-refractivity contribution in [2.24, 2.45) is 5.92 Å². The zero-order valence-corrected chi connectivity index (χ0v) is 13.6. The van der Waals surface area contributed by atoms with E-state index in [2.05, 4.69) is 41.9 Å². The molecule has 1 fully saturated rings. The fourth-order valence-corrected chi connectivity index (χ4v) is 3.93. The first kappa shape index (κ1) is 14.4. The minimum atomic E-state index is 0.180. The Morgan fingerprint density at radius 2 is 1.83 bits per heavy atom. The third-order valence-corrected chi connectivity index (χ3v) is 5.42. The van der Waals surface area contributed by atoms with Crippen LogP contribution < -0.4 is 0 Å². The Balaban J connectivity index is 2.08. The van der Waals surface area contributed by atoms with Crippen molar-refractivity contribution in [1.29, 1.82) is 0 Å². The van der Waals surface area contributed by atoms with Crippen molar-refractivity contribution in [1.82, 2.24) is 0 Å². The van der Waals surface area contributed by atoms with Gasteiger partial charge in [-0.15, -0.1) is 11.6 Å². The minimum absolute atomic E-state index is 0.180. The molecule has 0 radical (unpaired) electrons. The van der Waals surface area contributed by atoms with Crippen molar-refractivity contribution >= 4 is 27.5 Å². The maximum atomic E-state index is 6.65. The molecule has 0 amide bonds. The van der Waals surface area contributed by atoms with Crippen LogP contribution in [0.1, 0.15) is 60.6 Å². The predicted molar refractivity (Wildman–Crippen MR) is 83.4 cm³/mol. The van der Waals surface area contributed by atoms with Crippen LogP contribution in [0.4, 0.5) is 0 Å². The standard InChI is InChI=1S/C16H22BrCl/c1-11-9-15(17)12(2)8-14(11)16(18)10-13-6-4-3-5-7-13/h8-9,13,16H,3-7,10H2,1-2H3. The molecule has 0 nitrogen and oxygen atoms in total. The lowest BCUT2D eigenvalue weighted by Crippen LogP contribution is -2.09. The van der Waals surface area contributed by atoms with Crippen LogP contribution in [0, 0.1) is 19.8 Å². The van der Waals surface area contributed by atoms with Gasteiger partial charge in [0.05, 0.1) is 5.38 Å². The average Bonchev–Trinajstić information content (AvgIpc) is 2.35. The van der Waals surface area contributed by atoms with E-state index >= 15 is 0 Å². The second-order valence-corrected chi connectivity index (χ2v) is 7.05. The van der Waals surface area contributed by atoms with Crippen LogP contribution in [0.15, 0.2) is 16.6 Å². The largest absolute Gasteiger partial charge is 0.118 e. The van der Waals surface area contributed by atoms with E-state index in [1.807, 2.05) is 0 Å². The van der Waals surface area contributed by atoms with Crippen molar-refractivity contribution in [3.8, 4) is 0 Å². The Kier molecular flexibility index (Phi) is 5.14. The zero-order chi connectivity index (χ0) is 13.1. The molecule has 0 aromatic heterocycles. The van der Waals surface area contributed by atoms with Crippen LogP contribution in [-0.4, -0.2) is 0 Å². The van der Waals surface area contributed by atoms with Gasteiger partial charge in [0, 0.05) is 4.47 Å². The van der Waals surface area contributed by atoms with E-state index in [0.717, 1.165) is 12.3 Å². The zero-order valence-electron chi connectivity index (χ0n) is 11.3. The Bertz CT molecular complexity index is 408. The summed E-state index contributed by atoms with van der Waals surface area (Å²) in [5, 5.41) is 0.180. The van der Waals surface area contributed by atoms with Crippen molar-refractivity contribution in [3.63, 3.8) is 0 Å². The highest BCUT2D eigenvalue weighted by Crippen LogP contribution is 2.37. The van der Waals surface area contributed by atoms with E-state index in [1.165, 1.54) is 53.3 Å². The van der Waals surface area contributed by atoms with Crippen molar-refractivity contribution in [2.45, 2.75) is 57.7 Å². The normalized spacial score (nSPS) is 18.9. The second-order valence-electron chi connectivity index (χ2n) is 5.67. The second kappa shape index (κ2) is 6.43. The van der Waals surface area contributed by atoms with Crippen LogP contribution in [0.3, 0.4) is 0 Å². The Labute approximate surface area is 124 Å². The molecule has 0 bridgehead atoms. The third-order valence-electron chi connectivity index (χ3n) is 4.15. The molecule has 0 saturated heterocycles. The summed E-state index contributed by atoms with van der Waals surface area (Å²) in [7, 11) is 0. The molecule has 1 aromatic carbocycles. The first-order valence-corrected chi connectivity index (χ1v) is 8.21. The number of aryl methyl sites for hydroxylation is 2. The average molecular weight is 330 g/mol. The molecule has 1 aliphatic rings. The van der Waals surface area contributed by atoms with Gasteiger partial charge in [0.15, 0.2) is 0 Å². The number of hydrogen-bond donors (Lipinski definition) is 0. The predicted octanol–water partition coefficient (Wildman–Crippen LogP) is 6.32. The Hall–Kier alpha value is -0.0100. The van der Waals surface area contributed by atoms with Crippen molar-refractivity contribution < 1.29 is 0 Å². The van der Waals surface area contributed by atoms with Gasteiger partial charge in [0.2, 0.25) is 0 Å². The summed E-state index contributed by atoms with van der Waals surface area (Å²) in [5.74, 6) is 0.838. The highest BCUT2D eigenvalue weighted by Gasteiger charge is 2.20. The molecule has 0 heterocycles. The molecule has 0 spiro atoms. The molecule has 0 aliphatic heterocycles. The molecule has 0 N–H and O–H groups in total. The number of benzene rings is 1.